The summed E-state index contributed by atoms with van der Waals surface area (Å²) in [5, 5.41) is 0. The summed E-state index contributed by atoms with van der Waals surface area (Å²) >= 11 is 0. The van der Waals surface area contributed by atoms with Crippen molar-refractivity contribution in [3.8, 4) is 0 Å². The van der Waals surface area contributed by atoms with Crippen molar-refractivity contribution < 1.29 is 8.42 Å². The summed E-state index contributed by atoms with van der Waals surface area (Å²) in [7, 11) is -2.97. The zero-order valence-corrected chi connectivity index (χ0v) is 8.95. The first-order valence-corrected chi connectivity index (χ1v) is 6.14. The van der Waals surface area contributed by atoms with E-state index < -0.39 is 10.0 Å². The highest BCUT2D eigenvalue weighted by atomic mass is 32.2. The molecule has 0 rings (SSSR count). The maximum absolute atomic E-state index is 11.0. The molecular weight excluding hydrogens is 174 g/mol. The SMILES string of the molecule is CCC(C)CCNS(=O)(=O)CC. The van der Waals surface area contributed by atoms with E-state index in [-0.39, 0.29) is 5.75 Å². The van der Waals surface area contributed by atoms with E-state index in [0.29, 0.717) is 12.5 Å². The third-order valence-electron chi connectivity index (χ3n) is 2.04. The largest absolute Gasteiger partial charge is 0.215 e. The van der Waals surface area contributed by atoms with Crippen molar-refractivity contribution in [2.45, 2.75) is 33.6 Å². The lowest BCUT2D eigenvalue weighted by atomic mass is 10.1. The van der Waals surface area contributed by atoms with Crippen molar-refractivity contribution in [2.75, 3.05) is 12.3 Å². The zero-order chi connectivity index (χ0) is 9.61. The Balaban J connectivity index is 3.57. The van der Waals surface area contributed by atoms with E-state index in [1.54, 1.807) is 6.92 Å². The second-order valence-corrected chi connectivity index (χ2v) is 5.20. The summed E-state index contributed by atoms with van der Waals surface area (Å²) in [5.74, 6) is 0.776. The molecule has 0 radical (unpaired) electrons. The Labute approximate surface area is 75.6 Å². The Kier molecular flexibility index (Phi) is 5.50. The van der Waals surface area contributed by atoms with E-state index >= 15 is 0 Å². The maximum atomic E-state index is 11.0. The molecule has 0 saturated heterocycles. The lowest BCUT2D eigenvalue weighted by Crippen LogP contribution is -2.27. The van der Waals surface area contributed by atoms with Gasteiger partial charge in [-0.15, -0.1) is 0 Å². The van der Waals surface area contributed by atoms with Crippen molar-refractivity contribution in [1.82, 2.24) is 4.72 Å². The summed E-state index contributed by atoms with van der Waals surface area (Å²) in [6.45, 7) is 6.45. The van der Waals surface area contributed by atoms with Gasteiger partial charge in [0.15, 0.2) is 0 Å². The third kappa shape index (κ3) is 5.55. The van der Waals surface area contributed by atoms with Gasteiger partial charge in [0, 0.05) is 6.54 Å². The van der Waals surface area contributed by atoms with Crippen LogP contribution >= 0.6 is 0 Å². The van der Waals surface area contributed by atoms with Crippen LogP contribution in [0.25, 0.3) is 0 Å². The number of sulfonamides is 1. The van der Waals surface area contributed by atoms with Gasteiger partial charge < -0.3 is 0 Å². The van der Waals surface area contributed by atoms with Gasteiger partial charge in [0.1, 0.15) is 0 Å². The minimum atomic E-state index is -2.97. The Morgan fingerprint density at radius 2 is 1.92 bits per heavy atom. The normalized spacial score (nSPS) is 14.6. The molecule has 0 aliphatic heterocycles. The number of hydrogen-bond acceptors (Lipinski definition) is 2. The van der Waals surface area contributed by atoms with Crippen LogP contribution in [0.5, 0.6) is 0 Å². The van der Waals surface area contributed by atoms with E-state index in [9.17, 15) is 8.42 Å². The van der Waals surface area contributed by atoms with Crippen LogP contribution in [0.4, 0.5) is 0 Å². The molecule has 0 spiro atoms. The van der Waals surface area contributed by atoms with Crippen molar-refractivity contribution in [3.05, 3.63) is 0 Å². The fourth-order valence-electron chi connectivity index (χ4n) is 0.767. The van der Waals surface area contributed by atoms with Gasteiger partial charge in [0.05, 0.1) is 5.75 Å². The van der Waals surface area contributed by atoms with Crippen LogP contribution in [0, 0.1) is 5.92 Å². The van der Waals surface area contributed by atoms with Gasteiger partial charge in [-0.1, -0.05) is 20.3 Å². The molecule has 0 aliphatic carbocycles. The monoisotopic (exact) mass is 193 g/mol. The van der Waals surface area contributed by atoms with Crippen LogP contribution in [-0.4, -0.2) is 20.7 Å². The van der Waals surface area contributed by atoms with Crippen LogP contribution in [-0.2, 0) is 10.0 Å². The standard InChI is InChI=1S/C8H19NO2S/c1-4-8(3)6-7-9-12(10,11)5-2/h8-9H,4-7H2,1-3H3. The molecule has 0 aliphatic rings. The molecule has 1 atom stereocenters. The molecule has 0 saturated carbocycles. The second kappa shape index (κ2) is 5.54. The third-order valence-corrected chi connectivity index (χ3v) is 3.44. The molecule has 3 nitrogen and oxygen atoms in total. The van der Waals surface area contributed by atoms with Gasteiger partial charge in [0.2, 0.25) is 10.0 Å². The summed E-state index contributed by atoms with van der Waals surface area (Å²) in [5.41, 5.74) is 0. The lowest BCUT2D eigenvalue weighted by Gasteiger charge is -2.08. The van der Waals surface area contributed by atoms with Gasteiger partial charge >= 0.3 is 0 Å². The number of hydrogen-bond donors (Lipinski definition) is 1. The molecule has 12 heavy (non-hydrogen) atoms. The van der Waals surface area contributed by atoms with Crippen molar-refractivity contribution in [3.63, 3.8) is 0 Å². The summed E-state index contributed by atoms with van der Waals surface area (Å²) in [6.07, 6.45) is 2.03. The summed E-state index contributed by atoms with van der Waals surface area (Å²) in [4.78, 5) is 0. The zero-order valence-electron chi connectivity index (χ0n) is 8.13. The summed E-state index contributed by atoms with van der Waals surface area (Å²) < 4.78 is 24.5. The average Bonchev–Trinajstić information content (AvgIpc) is 2.04. The first-order chi connectivity index (χ1) is 5.52. The fraction of sp³-hybridized carbons (Fsp3) is 1.00. The molecule has 1 unspecified atom stereocenters. The van der Waals surface area contributed by atoms with Crippen LogP contribution in [0.2, 0.25) is 0 Å². The molecule has 0 fully saturated rings. The molecule has 4 heteroatoms. The van der Waals surface area contributed by atoms with Crippen LogP contribution in [0.3, 0.4) is 0 Å². The van der Waals surface area contributed by atoms with Crippen molar-refractivity contribution >= 4 is 10.0 Å². The highest BCUT2D eigenvalue weighted by molar-refractivity contribution is 7.89. The van der Waals surface area contributed by atoms with Crippen molar-refractivity contribution in [2.24, 2.45) is 5.92 Å². The van der Waals surface area contributed by atoms with Crippen molar-refractivity contribution in [1.29, 1.82) is 0 Å². The molecular formula is C8H19NO2S. The fourth-order valence-corrected chi connectivity index (χ4v) is 1.40. The molecule has 0 heterocycles. The Morgan fingerprint density at radius 1 is 1.33 bits per heavy atom. The topological polar surface area (TPSA) is 46.2 Å². The first kappa shape index (κ1) is 11.9. The van der Waals surface area contributed by atoms with Gasteiger partial charge in [-0.25, -0.2) is 13.1 Å². The molecule has 74 valence electrons. The van der Waals surface area contributed by atoms with E-state index in [1.807, 2.05) is 0 Å². The molecule has 1 N–H and O–H groups in total. The first-order valence-electron chi connectivity index (χ1n) is 4.49. The minimum absolute atomic E-state index is 0.174. The number of nitrogens with one attached hydrogen (secondary N) is 1. The Bertz CT molecular complexity index is 199. The van der Waals surface area contributed by atoms with E-state index in [4.69, 9.17) is 0 Å². The van der Waals surface area contributed by atoms with Gasteiger partial charge in [-0.05, 0) is 19.3 Å². The van der Waals surface area contributed by atoms with Crippen LogP contribution in [0.1, 0.15) is 33.6 Å². The van der Waals surface area contributed by atoms with Crippen LogP contribution in [0.15, 0.2) is 0 Å². The highest BCUT2D eigenvalue weighted by Gasteiger charge is 2.05. The predicted octanol–water partition coefficient (Wildman–Crippen LogP) is 1.36. The molecule has 0 aromatic carbocycles. The van der Waals surface area contributed by atoms with Gasteiger partial charge in [-0.2, -0.15) is 0 Å². The highest BCUT2D eigenvalue weighted by Crippen LogP contribution is 2.04. The lowest BCUT2D eigenvalue weighted by molar-refractivity contribution is 0.507. The quantitative estimate of drug-likeness (QED) is 0.692. The van der Waals surface area contributed by atoms with Crippen LogP contribution < -0.4 is 4.72 Å². The van der Waals surface area contributed by atoms with Gasteiger partial charge in [0.25, 0.3) is 0 Å². The number of rotatable bonds is 6. The minimum Gasteiger partial charge on any atom is -0.215 e. The van der Waals surface area contributed by atoms with Gasteiger partial charge in [-0.3, -0.25) is 0 Å². The van der Waals surface area contributed by atoms with E-state index in [2.05, 4.69) is 18.6 Å². The molecule has 0 bridgehead atoms. The smallest absolute Gasteiger partial charge is 0.211 e. The predicted molar refractivity (Wildman–Crippen MR) is 51.5 cm³/mol. The Hall–Kier alpha value is -0.0900. The van der Waals surface area contributed by atoms with E-state index in [0.717, 1.165) is 12.8 Å². The Morgan fingerprint density at radius 3 is 2.33 bits per heavy atom. The molecule has 0 amide bonds. The second-order valence-electron chi connectivity index (χ2n) is 3.10. The molecule has 0 aromatic rings. The van der Waals surface area contributed by atoms with E-state index in [1.165, 1.54) is 0 Å². The molecule has 0 aromatic heterocycles. The average molecular weight is 193 g/mol. The maximum Gasteiger partial charge on any atom is 0.211 e. The summed E-state index contributed by atoms with van der Waals surface area (Å²) in [6, 6.07) is 0.